The first-order chi connectivity index (χ1) is 9.21. The molecule has 0 radical (unpaired) electrons. The van der Waals surface area contributed by atoms with Crippen LogP contribution in [0.5, 0.6) is 5.75 Å². The topological polar surface area (TPSA) is 63.6 Å². The Hall–Kier alpha value is -1.28. The van der Waals surface area contributed by atoms with Gasteiger partial charge in [0.1, 0.15) is 11.9 Å². The van der Waals surface area contributed by atoms with Gasteiger partial charge in [-0.1, -0.05) is 6.07 Å². The van der Waals surface area contributed by atoms with E-state index < -0.39 is 40.0 Å². The highest BCUT2D eigenvalue weighted by Gasteiger charge is 2.37. The molecule has 1 unspecified atom stereocenters. The molecule has 1 saturated heterocycles. The first kappa shape index (κ1) is 15.1. The van der Waals surface area contributed by atoms with Crippen molar-refractivity contribution in [2.24, 2.45) is 0 Å². The highest BCUT2D eigenvalue weighted by atomic mass is 32.2. The molecule has 112 valence electrons. The van der Waals surface area contributed by atoms with Crippen LogP contribution >= 0.6 is 0 Å². The zero-order valence-electron chi connectivity index (χ0n) is 10.4. The van der Waals surface area contributed by atoms with Crippen molar-refractivity contribution < 1.29 is 31.4 Å². The largest absolute Gasteiger partial charge is 0.489 e. The van der Waals surface area contributed by atoms with Gasteiger partial charge in [-0.05, 0) is 24.1 Å². The molecular weight excluding hydrogens is 297 g/mol. The van der Waals surface area contributed by atoms with Crippen molar-refractivity contribution in [2.45, 2.75) is 25.3 Å². The molecule has 4 nitrogen and oxygen atoms in total. The van der Waals surface area contributed by atoms with Crippen molar-refractivity contribution in [1.82, 2.24) is 0 Å². The molecule has 1 aliphatic heterocycles. The molecule has 2 rings (SSSR count). The Morgan fingerprint density at radius 1 is 1.35 bits per heavy atom. The van der Waals surface area contributed by atoms with Gasteiger partial charge in [0, 0.05) is 0 Å². The Kier molecular flexibility index (Phi) is 3.97. The lowest BCUT2D eigenvalue weighted by atomic mass is 10.1. The summed E-state index contributed by atoms with van der Waals surface area (Å²) in [6, 6.07) is 3.23. The van der Waals surface area contributed by atoms with Gasteiger partial charge in [-0.3, -0.25) is 0 Å². The van der Waals surface area contributed by atoms with Crippen LogP contribution < -0.4 is 4.74 Å². The van der Waals surface area contributed by atoms with Crippen LogP contribution in [0, 0.1) is 0 Å². The molecule has 1 aliphatic rings. The fraction of sp³-hybridized carbons (Fsp3) is 0.500. The maximum atomic E-state index is 12.9. The van der Waals surface area contributed by atoms with Gasteiger partial charge in [0.05, 0.1) is 23.7 Å². The van der Waals surface area contributed by atoms with Crippen molar-refractivity contribution >= 4 is 9.84 Å². The van der Waals surface area contributed by atoms with E-state index in [2.05, 4.69) is 0 Å². The van der Waals surface area contributed by atoms with Gasteiger partial charge >= 0.3 is 6.18 Å². The molecule has 1 N–H and O–H groups in total. The van der Waals surface area contributed by atoms with Crippen LogP contribution in [0.2, 0.25) is 0 Å². The van der Waals surface area contributed by atoms with E-state index in [9.17, 15) is 21.6 Å². The molecule has 0 spiro atoms. The standard InChI is InChI=1S/C12H13F3O4S/c13-12(14,15)10-5-8(6-16)1-2-11(10)19-9-3-4-20(17,18)7-9/h1-2,5,9,16H,3-4,6-7H2. The van der Waals surface area contributed by atoms with Gasteiger partial charge in [0.15, 0.2) is 9.84 Å². The summed E-state index contributed by atoms with van der Waals surface area (Å²) in [5, 5.41) is 8.88. The van der Waals surface area contributed by atoms with Crippen LogP contribution in [0.15, 0.2) is 18.2 Å². The van der Waals surface area contributed by atoms with Crippen LogP contribution in [-0.2, 0) is 22.6 Å². The second kappa shape index (κ2) is 5.25. The predicted molar refractivity (Wildman–Crippen MR) is 65.1 cm³/mol. The van der Waals surface area contributed by atoms with Crippen LogP contribution in [-0.4, -0.2) is 31.1 Å². The average molecular weight is 310 g/mol. The number of rotatable bonds is 3. The smallest absolute Gasteiger partial charge is 0.419 e. The number of benzene rings is 1. The minimum Gasteiger partial charge on any atom is -0.489 e. The number of sulfone groups is 1. The Labute approximate surface area is 114 Å². The minimum atomic E-state index is -4.63. The molecule has 0 aliphatic carbocycles. The molecule has 1 fully saturated rings. The number of halogens is 3. The zero-order valence-corrected chi connectivity index (χ0v) is 11.2. The SMILES string of the molecule is O=S1(=O)CCC(Oc2ccc(CO)cc2C(F)(F)F)C1. The van der Waals surface area contributed by atoms with Crippen molar-refractivity contribution in [3.8, 4) is 5.75 Å². The molecule has 1 aromatic carbocycles. The highest BCUT2D eigenvalue weighted by molar-refractivity contribution is 7.91. The zero-order chi connectivity index (χ0) is 15.0. The normalized spacial score (nSPS) is 21.9. The number of hydrogen-bond acceptors (Lipinski definition) is 4. The lowest BCUT2D eigenvalue weighted by Gasteiger charge is -2.18. The van der Waals surface area contributed by atoms with E-state index in [0.29, 0.717) is 0 Å². The molecule has 8 heteroatoms. The van der Waals surface area contributed by atoms with Gasteiger partial charge in [-0.25, -0.2) is 8.42 Å². The molecule has 0 bridgehead atoms. The van der Waals surface area contributed by atoms with Gasteiger partial charge < -0.3 is 9.84 Å². The summed E-state index contributed by atoms with van der Waals surface area (Å²) in [6.45, 7) is -0.513. The first-order valence-corrected chi connectivity index (χ1v) is 7.71. The first-order valence-electron chi connectivity index (χ1n) is 5.89. The summed E-state index contributed by atoms with van der Waals surface area (Å²) in [5.41, 5.74) is -0.892. The van der Waals surface area contributed by atoms with E-state index >= 15 is 0 Å². The van der Waals surface area contributed by atoms with E-state index in [0.717, 1.165) is 12.1 Å². The molecule has 0 saturated carbocycles. The van der Waals surface area contributed by atoms with Gasteiger partial charge in [0.2, 0.25) is 0 Å². The summed E-state index contributed by atoms with van der Waals surface area (Å²) in [4.78, 5) is 0. The number of aliphatic hydroxyl groups excluding tert-OH is 1. The van der Waals surface area contributed by atoms with Crippen molar-refractivity contribution in [1.29, 1.82) is 0 Å². The Balaban J connectivity index is 2.27. The van der Waals surface area contributed by atoms with Crippen molar-refractivity contribution in [3.05, 3.63) is 29.3 Å². The third-order valence-electron chi connectivity index (χ3n) is 3.02. The van der Waals surface area contributed by atoms with E-state index in [-0.39, 0.29) is 23.5 Å². The average Bonchev–Trinajstić information content (AvgIpc) is 2.68. The maximum absolute atomic E-state index is 12.9. The molecule has 20 heavy (non-hydrogen) atoms. The van der Waals surface area contributed by atoms with E-state index in [4.69, 9.17) is 9.84 Å². The fourth-order valence-electron chi connectivity index (χ4n) is 2.03. The quantitative estimate of drug-likeness (QED) is 0.924. The summed E-state index contributed by atoms with van der Waals surface area (Å²) in [7, 11) is -3.22. The Morgan fingerprint density at radius 3 is 2.55 bits per heavy atom. The summed E-state index contributed by atoms with van der Waals surface area (Å²) in [6.07, 6.45) is -5.21. The van der Waals surface area contributed by atoms with Crippen LogP contribution in [0.3, 0.4) is 0 Å². The minimum absolute atomic E-state index is 0.0757. The summed E-state index contributed by atoms with van der Waals surface area (Å²) in [5.74, 6) is -0.753. The van der Waals surface area contributed by atoms with Crippen LogP contribution in [0.1, 0.15) is 17.5 Å². The highest BCUT2D eigenvalue weighted by Crippen LogP contribution is 2.38. The number of hydrogen-bond donors (Lipinski definition) is 1. The second-order valence-corrected chi connectivity index (χ2v) is 6.86. The number of aliphatic hydroxyl groups is 1. The van der Waals surface area contributed by atoms with Crippen LogP contribution in [0.4, 0.5) is 13.2 Å². The second-order valence-electron chi connectivity index (χ2n) is 4.63. The Morgan fingerprint density at radius 2 is 2.05 bits per heavy atom. The van der Waals surface area contributed by atoms with Crippen molar-refractivity contribution in [3.63, 3.8) is 0 Å². The van der Waals surface area contributed by atoms with Gasteiger partial charge in [0.25, 0.3) is 0 Å². The molecular formula is C12H13F3O4S. The van der Waals surface area contributed by atoms with Gasteiger partial charge in [-0.15, -0.1) is 0 Å². The molecule has 1 atom stereocenters. The monoisotopic (exact) mass is 310 g/mol. The van der Waals surface area contributed by atoms with E-state index in [1.807, 2.05) is 0 Å². The summed E-state index contributed by atoms with van der Waals surface area (Å²) >= 11 is 0. The third kappa shape index (κ3) is 3.43. The van der Waals surface area contributed by atoms with Crippen molar-refractivity contribution in [2.75, 3.05) is 11.5 Å². The summed E-state index contributed by atoms with van der Waals surface area (Å²) < 4.78 is 66.5. The van der Waals surface area contributed by atoms with E-state index in [1.165, 1.54) is 6.07 Å². The number of alkyl halides is 3. The fourth-order valence-corrected chi connectivity index (χ4v) is 3.62. The van der Waals surface area contributed by atoms with Crippen LogP contribution in [0.25, 0.3) is 0 Å². The lowest BCUT2D eigenvalue weighted by Crippen LogP contribution is -2.20. The molecule has 1 heterocycles. The molecule has 0 aromatic heterocycles. The Bertz CT molecular complexity index is 595. The third-order valence-corrected chi connectivity index (χ3v) is 4.75. The maximum Gasteiger partial charge on any atom is 0.419 e. The number of ether oxygens (including phenoxy) is 1. The molecule has 0 amide bonds. The van der Waals surface area contributed by atoms with Gasteiger partial charge in [-0.2, -0.15) is 13.2 Å². The molecule has 1 aromatic rings. The predicted octanol–water partition coefficient (Wildman–Crippen LogP) is 1.76. The van der Waals surface area contributed by atoms with E-state index in [1.54, 1.807) is 0 Å². The lowest BCUT2D eigenvalue weighted by molar-refractivity contribution is -0.139.